The molecule has 3 aromatic carbocycles. The van der Waals surface area contributed by atoms with E-state index in [1.54, 1.807) is 20.3 Å². The molecule has 0 amide bonds. The van der Waals surface area contributed by atoms with Gasteiger partial charge >= 0.3 is 0 Å². The maximum absolute atomic E-state index is 14.3. The minimum atomic E-state index is -0.522. The van der Waals surface area contributed by atoms with Gasteiger partial charge in [0.1, 0.15) is 24.0 Å². The number of fused-ring (bicyclic) bond motifs is 3. The average Bonchev–Trinajstić information content (AvgIpc) is 3.21. The quantitative estimate of drug-likeness (QED) is 0.390. The molecule has 2 aliphatic rings. The molecule has 0 saturated carbocycles. The van der Waals surface area contributed by atoms with Crippen molar-refractivity contribution in [2.24, 2.45) is 0 Å². The first-order valence-electron chi connectivity index (χ1n) is 11.5. The molecule has 0 unspecified atom stereocenters. The summed E-state index contributed by atoms with van der Waals surface area (Å²) in [5.74, 6) is 1.74. The van der Waals surface area contributed by atoms with Crippen LogP contribution >= 0.6 is 11.6 Å². The van der Waals surface area contributed by atoms with Crippen LogP contribution in [0.15, 0.2) is 48.2 Å². The summed E-state index contributed by atoms with van der Waals surface area (Å²) < 4.78 is 37.1. The lowest BCUT2D eigenvalue weighted by molar-refractivity contribution is 0.0949. The lowest BCUT2D eigenvalue weighted by Crippen LogP contribution is -2.34. The van der Waals surface area contributed by atoms with E-state index in [0.717, 1.165) is 29.7 Å². The van der Waals surface area contributed by atoms with Crippen LogP contribution in [0.2, 0.25) is 5.02 Å². The Balaban J connectivity index is 1.38. The van der Waals surface area contributed by atoms with Crippen molar-refractivity contribution in [3.8, 4) is 23.0 Å². The number of ketones is 1. The van der Waals surface area contributed by atoms with Gasteiger partial charge in [0, 0.05) is 18.7 Å². The fourth-order valence-corrected chi connectivity index (χ4v) is 4.74. The summed E-state index contributed by atoms with van der Waals surface area (Å²) >= 11 is 6.16. The number of hydrogen-bond acceptors (Lipinski definition) is 6. The van der Waals surface area contributed by atoms with Crippen molar-refractivity contribution in [1.29, 1.82) is 0 Å². The molecule has 186 valence electrons. The summed E-state index contributed by atoms with van der Waals surface area (Å²) in [4.78, 5) is 15.3. The number of Topliss-reactive ketones (excluding diaryl/α,β-unsaturated/α-hetero) is 1. The molecule has 0 bridgehead atoms. The fourth-order valence-electron chi connectivity index (χ4n) is 4.52. The van der Waals surface area contributed by atoms with Gasteiger partial charge in [-0.3, -0.25) is 9.69 Å². The number of carbonyl (C=O) groups excluding carboxylic acids is 1. The summed E-state index contributed by atoms with van der Waals surface area (Å²) in [7, 11) is 3.22. The normalized spacial score (nSPS) is 15.8. The van der Waals surface area contributed by atoms with Gasteiger partial charge in [-0.25, -0.2) is 4.39 Å². The largest absolute Gasteiger partial charge is 0.493 e. The number of halogens is 2. The highest BCUT2D eigenvalue weighted by molar-refractivity contribution is 6.32. The lowest BCUT2D eigenvalue weighted by Gasteiger charge is -2.30. The number of nitrogens with zero attached hydrogens (tertiary/aromatic N) is 1. The van der Waals surface area contributed by atoms with E-state index in [4.69, 9.17) is 30.5 Å². The molecule has 0 atom stereocenters. The predicted octanol–water partition coefficient (Wildman–Crippen LogP) is 5.82. The number of methoxy groups -OCH3 is 2. The zero-order chi connectivity index (χ0) is 25.4. The van der Waals surface area contributed by atoms with Crippen LogP contribution in [0.1, 0.15) is 32.6 Å². The molecule has 0 saturated heterocycles. The van der Waals surface area contributed by atoms with Gasteiger partial charge in [0.2, 0.25) is 5.78 Å². The van der Waals surface area contributed by atoms with Crippen LogP contribution in [0.25, 0.3) is 6.08 Å². The van der Waals surface area contributed by atoms with Crippen molar-refractivity contribution >= 4 is 23.5 Å². The molecular weight excluding hydrogens is 485 g/mol. The minimum Gasteiger partial charge on any atom is -0.493 e. The molecule has 0 aliphatic carbocycles. The average molecular weight is 510 g/mol. The Morgan fingerprint density at radius 2 is 1.94 bits per heavy atom. The van der Waals surface area contributed by atoms with Crippen molar-refractivity contribution in [2.45, 2.75) is 19.9 Å². The maximum Gasteiger partial charge on any atom is 0.232 e. The molecule has 3 aromatic rings. The first-order valence-corrected chi connectivity index (χ1v) is 11.9. The number of hydrogen-bond donors (Lipinski definition) is 0. The first-order chi connectivity index (χ1) is 17.4. The number of allylic oxidation sites excluding steroid dienone is 1. The topological polar surface area (TPSA) is 57.2 Å². The van der Waals surface area contributed by atoms with Crippen LogP contribution in [0, 0.1) is 12.7 Å². The number of aryl methyl sites for hydroxylation is 1. The highest BCUT2D eigenvalue weighted by Gasteiger charge is 2.35. The second-order valence-electron chi connectivity index (χ2n) is 8.71. The standard InChI is InChI=1S/C28H25ClFNO5/c1-16-11-23-19(14-31(15-35-23)10-9-17-7-8-22(33-2)24(12-17)34-3)28-26(16)27(32)25(36-28)13-18-20(29)5-4-6-21(18)30/h4-8,11-13H,9-10,14-15H2,1-3H3/b25-13+. The second-order valence-corrected chi connectivity index (χ2v) is 9.12. The van der Waals surface area contributed by atoms with E-state index in [9.17, 15) is 9.18 Å². The van der Waals surface area contributed by atoms with E-state index in [1.165, 1.54) is 18.2 Å². The molecule has 0 spiro atoms. The number of ether oxygens (including phenoxy) is 4. The van der Waals surface area contributed by atoms with E-state index < -0.39 is 5.82 Å². The molecular formula is C28H25ClFNO5. The second kappa shape index (κ2) is 9.84. The van der Waals surface area contributed by atoms with Crippen LogP contribution in [0.3, 0.4) is 0 Å². The van der Waals surface area contributed by atoms with E-state index in [-0.39, 0.29) is 22.1 Å². The van der Waals surface area contributed by atoms with Crippen molar-refractivity contribution < 1.29 is 28.1 Å². The van der Waals surface area contributed by atoms with Crippen LogP contribution in [0.5, 0.6) is 23.0 Å². The summed E-state index contributed by atoms with van der Waals surface area (Å²) in [6, 6.07) is 12.1. The highest BCUT2D eigenvalue weighted by Crippen LogP contribution is 2.44. The van der Waals surface area contributed by atoms with Gasteiger partial charge < -0.3 is 18.9 Å². The third-order valence-electron chi connectivity index (χ3n) is 6.43. The molecule has 0 aromatic heterocycles. The van der Waals surface area contributed by atoms with Gasteiger partial charge in [-0.05, 0) is 60.9 Å². The molecule has 8 heteroatoms. The Morgan fingerprint density at radius 3 is 2.69 bits per heavy atom. The summed E-state index contributed by atoms with van der Waals surface area (Å²) in [6.07, 6.45) is 2.13. The molecule has 0 N–H and O–H groups in total. The molecule has 2 heterocycles. The van der Waals surface area contributed by atoms with E-state index in [1.807, 2.05) is 31.2 Å². The van der Waals surface area contributed by atoms with Crippen LogP contribution in [-0.4, -0.2) is 38.2 Å². The molecule has 5 rings (SSSR count). The van der Waals surface area contributed by atoms with E-state index >= 15 is 0 Å². The summed E-state index contributed by atoms with van der Waals surface area (Å²) in [6.45, 7) is 3.53. The van der Waals surface area contributed by atoms with E-state index in [2.05, 4.69) is 4.90 Å². The Bertz CT molecular complexity index is 1370. The number of rotatable bonds is 6. The van der Waals surface area contributed by atoms with Crippen molar-refractivity contribution in [2.75, 3.05) is 27.5 Å². The smallest absolute Gasteiger partial charge is 0.232 e. The fraction of sp³-hybridized carbons (Fsp3) is 0.250. The Morgan fingerprint density at radius 1 is 1.14 bits per heavy atom. The van der Waals surface area contributed by atoms with Crippen molar-refractivity contribution in [3.05, 3.63) is 86.9 Å². The first kappa shape index (κ1) is 24.2. The van der Waals surface area contributed by atoms with Gasteiger partial charge in [-0.2, -0.15) is 0 Å². The molecule has 36 heavy (non-hydrogen) atoms. The third kappa shape index (κ3) is 4.40. The van der Waals surface area contributed by atoms with E-state index in [0.29, 0.717) is 41.8 Å². The predicted molar refractivity (Wildman–Crippen MR) is 135 cm³/mol. The van der Waals surface area contributed by atoms with Gasteiger partial charge in [-0.15, -0.1) is 0 Å². The highest BCUT2D eigenvalue weighted by atomic mass is 35.5. The monoisotopic (exact) mass is 509 g/mol. The van der Waals surface area contributed by atoms with Gasteiger partial charge in [0.05, 0.1) is 30.4 Å². The Labute approximate surface area is 213 Å². The lowest BCUT2D eigenvalue weighted by atomic mass is 9.98. The zero-order valence-electron chi connectivity index (χ0n) is 20.2. The van der Waals surface area contributed by atoms with Gasteiger partial charge in [0.15, 0.2) is 17.3 Å². The van der Waals surface area contributed by atoms with Crippen LogP contribution in [0.4, 0.5) is 4.39 Å². The SMILES string of the molecule is COc1ccc(CCN2COc3cc(C)c4c(c3C2)O/C(=C/c2c(F)cccc2Cl)C4=O)cc1OC. The van der Waals surface area contributed by atoms with Gasteiger partial charge in [-0.1, -0.05) is 23.7 Å². The van der Waals surface area contributed by atoms with Crippen LogP contribution in [-0.2, 0) is 13.0 Å². The minimum absolute atomic E-state index is 0.0379. The molecule has 2 aliphatic heterocycles. The number of benzene rings is 3. The molecule has 0 fully saturated rings. The Kier molecular flexibility index (Phi) is 6.60. The molecule has 6 nitrogen and oxygen atoms in total. The van der Waals surface area contributed by atoms with Crippen molar-refractivity contribution in [1.82, 2.24) is 4.90 Å². The summed E-state index contributed by atoms with van der Waals surface area (Å²) in [5, 5.41) is 0.207. The third-order valence-corrected chi connectivity index (χ3v) is 6.76. The van der Waals surface area contributed by atoms with Crippen LogP contribution < -0.4 is 18.9 Å². The maximum atomic E-state index is 14.3. The molecule has 0 radical (unpaired) electrons. The van der Waals surface area contributed by atoms with Crippen molar-refractivity contribution in [3.63, 3.8) is 0 Å². The number of carbonyl (C=O) groups is 1. The summed E-state index contributed by atoms with van der Waals surface area (Å²) in [5.41, 5.74) is 3.24. The Hall–Kier alpha value is -3.55. The van der Waals surface area contributed by atoms with Gasteiger partial charge in [0.25, 0.3) is 0 Å². The zero-order valence-corrected chi connectivity index (χ0v) is 20.9.